The molecule has 2 N–H and O–H groups in total. The highest BCUT2D eigenvalue weighted by atomic mass is 79.9. The van der Waals surface area contributed by atoms with E-state index in [1.54, 1.807) is 0 Å². The van der Waals surface area contributed by atoms with Crippen molar-refractivity contribution in [2.45, 2.75) is 31.9 Å². The summed E-state index contributed by atoms with van der Waals surface area (Å²) in [6.45, 7) is 0.103. The Morgan fingerprint density at radius 3 is 2.84 bits per heavy atom. The molecule has 0 radical (unpaired) electrons. The second kappa shape index (κ2) is 5.65. The van der Waals surface area contributed by atoms with Crippen LogP contribution >= 0.6 is 27.3 Å². The van der Waals surface area contributed by atoms with Crippen LogP contribution in [0.25, 0.3) is 0 Å². The first kappa shape index (κ1) is 13.2. The minimum Gasteiger partial charge on any atom is -0.392 e. The van der Waals surface area contributed by atoms with Gasteiger partial charge >= 0.3 is 0 Å². The lowest BCUT2D eigenvalue weighted by Gasteiger charge is -2.24. The Kier molecular flexibility index (Phi) is 3.91. The molecule has 4 heteroatoms. The lowest BCUT2D eigenvalue weighted by atomic mass is 9.94. The Morgan fingerprint density at radius 2 is 2.11 bits per heavy atom. The van der Waals surface area contributed by atoms with Gasteiger partial charge < -0.3 is 10.4 Å². The van der Waals surface area contributed by atoms with Gasteiger partial charge in [0, 0.05) is 10.6 Å². The van der Waals surface area contributed by atoms with E-state index in [9.17, 15) is 0 Å². The molecule has 1 aromatic carbocycles. The monoisotopic (exact) mass is 337 g/mol. The summed E-state index contributed by atoms with van der Waals surface area (Å²) < 4.78 is 1.22. The Morgan fingerprint density at radius 1 is 1.32 bits per heavy atom. The van der Waals surface area contributed by atoms with Crippen molar-refractivity contribution in [2.75, 3.05) is 5.32 Å². The molecular weight excluding hydrogens is 322 g/mol. The maximum atomic E-state index is 9.06. The molecule has 100 valence electrons. The van der Waals surface area contributed by atoms with Gasteiger partial charge in [0.25, 0.3) is 0 Å². The number of fused-ring (bicyclic) bond motifs is 1. The topological polar surface area (TPSA) is 32.3 Å². The van der Waals surface area contributed by atoms with E-state index >= 15 is 0 Å². The minimum absolute atomic E-state index is 0.103. The molecule has 0 amide bonds. The molecule has 0 spiro atoms. The van der Waals surface area contributed by atoms with E-state index in [0.717, 1.165) is 11.3 Å². The molecule has 19 heavy (non-hydrogen) atoms. The van der Waals surface area contributed by atoms with Crippen molar-refractivity contribution in [3.05, 3.63) is 50.1 Å². The number of hydrogen-bond donors (Lipinski definition) is 2. The van der Waals surface area contributed by atoms with Crippen molar-refractivity contribution in [1.82, 2.24) is 0 Å². The molecule has 1 aromatic heterocycles. The van der Waals surface area contributed by atoms with Crippen molar-refractivity contribution >= 4 is 33.0 Å². The molecule has 2 aromatic rings. The molecule has 1 aliphatic carbocycles. The van der Waals surface area contributed by atoms with Gasteiger partial charge in [-0.1, -0.05) is 12.1 Å². The summed E-state index contributed by atoms with van der Waals surface area (Å²) in [5.41, 5.74) is 3.51. The maximum Gasteiger partial charge on any atom is 0.0705 e. The van der Waals surface area contributed by atoms with E-state index in [1.165, 1.54) is 33.5 Å². The smallest absolute Gasteiger partial charge is 0.0705 e. The van der Waals surface area contributed by atoms with Gasteiger partial charge in [0.1, 0.15) is 0 Å². The quantitative estimate of drug-likeness (QED) is 0.864. The summed E-state index contributed by atoms with van der Waals surface area (Å²) in [6.07, 6.45) is 3.62. The van der Waals surface area contributed by atoms with E-state index in [4.69, 9.17) is 5.11 Å². The molecule has 3 rings (SSSR count). The van der Waals surface area contributed by atoms with Crippen LogP contribution < -0.4 is 5.32 Å². The summed E-state index contributed by atoms with van der Waals surface area (Å²) in [4.78, 5) is 1.50. The van der Waals surface area contributed by atoms with E-state index in [2.05, 4.69) is 27.3 Å². The first-order chi connectivity index (χ1) is 9.26. The molecule has 1 unspecified atom stereocenters. The highest BCUT2D eigenvalue weighted by Crippen LogP contribution is 2.39. The predicted molar refractivity (Wildman–Crippen MR) is 83.7 cm³/mol. The second-order valence-corrected chi connectivity index (χ2v) is 7.39. The van der Waals surface area contributed by atoms with Crippen molar-refractivity contribution in [1.29, 1.82) is 0 Å². The third-order valence-electron chi connectivity index (χ3n) is 3.56. The van der Waals surface area contributed by atoms with Crippen LogP contribution in [-0.2, 0) is 13.0 Å². The van der Waals surface area contributed by atoms with Gasteiger partial charge in [0.2, 0.25) is 0 Å². The van der Waals surface area contributed by atoms with Gasteiger partial charge in [-0.2, -0.15) is 0 Å². The Balaban J connectivity index is 1.79. The van der Waals surface area contributed by atoms with Crippen LogP contribution in [0.2, 0.25) is 0 Å². The highest BCUT2D eigenvalue weighted by molar-refractivity contribution is 9.11. The third-order valence-corrected chi connectivity index (χ3v) is 5.27. The Hall–Kier alpha value is -0.840. The van der Waals surface area contributed by atoms with Crippen LogP contribution in [0, 0.1) is 0 Å². The van der Waals surface area contributed by atoms with Crippen LogP contribution in [-0.4, -0.2) is 5.11 Å². The fourth-order valence-electron chi connectivity index (χ4n) is 2.58. The number of nitrogens with one attached hydrogen (secondary N) is 1. The van der Waals surface area contributed by atoms with Crippen molar-refractivity contribution in [3.8, 4) is 0 Å². The number of anilines is 1. The van der Waals surface area contributed by atoms with Gasteiger partial charge in [0.15, 0.2) is 0 Å². The number of aliphatic hydroxyl groups is 1. The lowest BCUT2D eigenvalue weighted by molar-refractivity contribution is 0.282. The third kappa shape index (κ3) is 2.86. The predicted octanol–water partition coefficient (Wildman–Crippen LogP) is 4.49. The summed E-state index contributed by atoms with van der Waals surface area (Å²) >= 11 is 5.44. The number of benzene rings is 1. The van der Waals surface area contributed by atoms with Gasteiger partial charge in [-0.25, -0.2) is 0 Å². The van der Waals surface area contributed by atoms with Gasteiger partial charge in [-0.3, -0.25) is 0 Å². The molecule has 1 atom stereocenters. The first-order valence-electron chi connectivity index (χ1n) is 6.50. The van der Waals surface area contributed by atoms with Crippen LogP contribution in [0.1, 0.15) is 34.9 Å². The highest BCUT2D eigenvalue weighted by Gasteiger charge is 2.22. The molecule has 2 nitrogen and oxygen atoms in total. The number of aryl methyl sites for hydroxylation is 1. The molecule has 0 fully saturated rings. The first-order valence-corrected chi connectivity index (χ1v) is 8.11. The fraction of sp³-hybridized carbons (Fsp3) is 0.333. The van der Waals surface area contributed by atoms with E-state index < -0.39 is 0 Å². The minimum atomic E-state index is 0.103. The number of hydrogen-bond acceptors (Lipinski definition) is 3. The zero-order chi connectivity index (χ0) is 13.2. The van der Waals surface area contributed by atoms with E-state index in [1.807, 2.05) is 35.6 Å². The molecule has 0 aliphatic heterocycles. The Bertz CT molecular complexity index is 564. The van der Waals surface area contributed by atoms with Crippen molar-refractivity contribution in [2.24, 2.45) is 0 Å². The number of rotatable bonds is 3. The molecule has 1 aliphatic rings. The second-order valence-electron chi connectivity index (χ2n) is 4.87. The summed E-state index contributed by atoms with van der Waals surface area (Å²) in [6, 6.07) is 10.7. The summed E-state index contributed by atoms with van der Waals surface area (Å²) in [5.74, 6) is 0. The van der Waals surface area contributed by atoms with E-state index in [-0.39, 0.29) is 6.61 Å². The van der Waals surface area contributed by atoms with Crippen LogP contribution in [0.5, 0.6) is 0 Å². The SMILES string of the molecule is OCc1ccc(NC2CCCc3sc(Br)cc32)cc1. The van der Waals surface area contributed by atoms with E-state index in [0.29, 0.717) is 6.04 Å². The van der Waals surface area contributed by atoms with Crippen molar-refractivity contribution in [3.63, 3.8) is 0 Å². The zero-order valence-corrected chi connectivity index (χ0v) is 12.9. The molecule has 1 heterocycles. The Labute approximate surface area is 125 Å². The molecular formula is C15H16BrNOS. The van der Waals surface area contributed by atoms with Gasteiger partial charge in [-0.05, 0) is 64.5 Å². The molecule has 0 saturated carbocycles. The molecule has 0 bridgehead atoms. The standard InChI is InChI=1S/C15H16BrNOS/c16-15-8-12-13(2-1-3-14(12)19-15)17-11-6-4-10(9-18)5-7-11/h4-8,13,17-18H,1-3,9H2. The summed E-state index contributed by atoms with van der Waals surface area (Å²) in [7, 11) is 0. The normalized spacial score (nSPS) is 18.1. The van der Waals surface area contributed by atoms with Gasteiger partial charge in [0.05, 0.1) is 16.4 Å². The fourth-order valence-corrected chi connectivity index (χ4v) is 4.40. The van der Waals surface area contributed by atoms with Crippen molar-refractivity contribution < 1.29 is 5.11 Å². The number of aliphatic hydroxyl groups excluding tert-OH is 1. The maximum absolute atomic E-state index is 9.06. The number of thiophene rings is 1. The summed E-state index contributed by atoms with van der Waals surface area (Å²) in [5, 5.41) is 12.7. The van der Waals surface area contributed by atoms with Crippen LogP contribution in [0.3, 0.4) is 0 Å². The molecule has 0 saturated heterocycles. The number of halogens is 1. The average Bonchev–Trinajstić information content (AvgIpc) is 2.81. The average molecular weight is 338 g/mol. The van der Waals surface area contributed by atoms with Gasteiger partial charge in [-0.15, -0.1) is 11.3 Å². The van der Waals surface area contributed by atoms with Crippen LogP contribution in [0.4, 0.5) is 5.69 Å². The zero-order valence-electron chi connectivity index (χ0n) is 10.5. The largest absolute Gasteiger partial charge is 0.392 e. The lowest BCUT2D eigenvalue weighted by Crippen LogP contribution is -2.15. The van der Waals surface area contributed by atoms with Crippen LogP contribution in [0.15, 0.2) is 34.1 Å².